The first-order valence-electron chi connectivity index (χ1n) is 7.67. The van der Waals surface area contributed by atoms with Crippen molar-refractivity contribution in [1.29, 1.82) is 0 Å². The van der Waals surface area contributed by atoms with Crippen molar-refractivity contribution in [2.45, 2.75) is 36.6 Å². The second kappa shape index (κ2) is 7.85. The maximum atomic E-state index is 12.5. The summed E-state index contributed by atoms with van der Waals surface area (Å²) in [7, 11) is 4.27. The summed E-state index contributed by atoms with van der Waals surface area (Å²) in [6, 6.07) is 8.95. The van der Waals surface area contributed by atoms with E-state index in [0.717, 1.165) is 31.5 Å². The number of hydrogen-bond donors (Lipinski definition) is 0. The predicted octanol–water partition coefficient (Wildman–Crippen LogP) is 2.89. The number of rotatable bonds is 4. The fourth-order valence-electron chi connectivity index (χ4n) is 2.87. The Morgan fingerprint density at radius 1 is 1.24 bits per heavy atom. The largest absolute Gasteiger partial charge is 0.342 e. The van der Waals surface area contributed by atoms with Gasteiger partial charge in [-0.05, 0) is 57.3 Å². The SMILES string of the molecule is CSc1ccc(CC(=O)N2CCC[C@H](N(C)C)CC2)cc1. The van der Waals surface area contributed by atoms with Gasteiger partial charge < -0.3 is 9.80 Å². The third-order valence-electron chi connectivity index (χ3n) is 4.30. The van der Waals surface area contributed by atoms with Crippen LogP contribution >= 0.6 is 11.8 Å². The van der Waals surface area contributed by atoms with E-state index < -0.39 is 0 Å². The Morgan fingerprint density at radius 3 is 2.57 bits per heavy atom. The molecule has 21 heavy (non-hydrogen) atoms. The number of amides is 1. The van der Waals surface area contributed by atoms with Crippen LogP contribution in [0.5, 0.6) is 0 Å². The lowest BCUT2D eigenvalue weighted by Gasteiger charge is -2.23. The maximum absolute atomic E-state index is 12.5. The maximum Gasteiger partial charge on any atom is 0.226 e. The molecule has 1 aromatic carbocycles. The van der Waals surface area contributed by atoms with Gasteiger partial charge in [-0.3, -0.25) is 4.79 Å². The lowest BCUT2D eigenvalue weighted by atomic mass is 10.1. The molecule has 1 heterocycles. The van der Waals surface area contributed by atoms with E-state index >= 15 is 0 Å². The Balaban J connectivity index is 1.90. The Kier molecular flexibility index (Phi) is 6.12. The van der Waals surface area contributed by atoms with E-state index in [0.29, 0.717) is 12.5 Å². The summed E-state index contributed by atoms with van der Waals surface area (Å²) < 4.78 is 0. The first kappa shape index (κ1) is 16.4. The third kappa shape index (κ3) is 4.75. The molecule has 0 bridgehead atoms. The number of hydrogen-bond acceptors (Lipinski definition) is 3. The molecule has 0 aromatic heterocycles. The van der Waals surface area contributed by atoms with Crippen molar-refractivity contribution in [1.82, 2.24) is 9.80 Å². The highest BCUT2D eigenvalue weighted by Crippen LogP contribution is 2.18. The molecule has 0 radical (unpaired) electrons. The first-order chi connectivity index (χ1) is 10.1. The lowest BCUT2D eigenvalue weighted by Crippen LogP contribution is -2.34. The zero-order valence-corrected chi connectivity index (χ0v) is 14.2. The summed E-state index contributed by atoms with van der Waals surface area (Å²) in [5.41, 5.74) is 1.12. The van der Waals surface area contributed by atoms with Crippen molar-refractivity contribution in [3.8, 4) is 0 Å². The minimum atomic E-state index is 0.270. The van der Waals surface area contributed by atoms with Crippen molar-refractivity contribution in [3.05, 3.63) is 29.8 Å². The summed E-state index contributed by atoms with van der Waals surface area (Å²) in [4.78, 5) is 18.0. The molecular formula is C17H26N2OS. The second-order valence-corrected chi connectivity index (χ2v) is 6.83. The molecule has 1 aromatic rings. The molecule has 2 rings (SSSR count). The molecule has 0 aliphatic carbocycles. The normalized spacial score (nSPS) is 19.6. The van der Waals surface area contributed by atoms with Crippen LogP contribution in [0.4, 0.5) is 0 Å². The summed E-state index contributed by atoms with van der Waals surface area (Å²) in [6.45, 7) is 1.80. The summed E-state index contributed by atoms with van der Waals surface area (Å²) in [5, 5.41) is 0. The van der Waals surface area contributed by atoms with E-state index in [2.05, 4.69) is 49.5 Å². The van der Waals surface area contributed by atoms with Crippen LogP contribution in [-0.2, 0) is 11.2 Å². The van der Waals surface area contributed by atoms with Crippen LogP contribution in [0.25, 0.3) is 0 Å². The van der Waals surface area contributed by atoms with E-state index in [-0.39, 0.29) is 5.91 Å². The number of likely N-dealkylation sites (tertiary alicyclic amines) is 1. The van der Waals surface area contributed by atoms with Crippen LogP contribution in [0.3, 0.4) is 0 Å². The molecule has 1 saturated heterocycles. The van der Waals surface area contributed by atoms with Crippen LogP contribution in [0, 0.1) is 0 Å². The minimum absolute atomic E-state index is 0.270. The number of nitrogens with zero attached hydrogens (tertiary/aromatic N) is 2. The summed E-state index contributed by atoms with van der Waals surface area (Å²) in [5.74, 6) is 0.270. The number of thioether (sulfide) groups is 1. The molecular weight excluding hydrogens is 280 g/mol. The van der Waals surface area contributed by atoms with E-state index in [4.69, 9.17) is 0 Å². The molecule has 4 heteroatoms. The van der Waals surface area contributed by atoms with Gasteiger partial charge in [-0.1, -0.05) is 12.1 Å². The molecule has 3 nitrogen and oxygen atoms in total. The topological polar surface area (TPSA) is 23.6 Å². The van der Waals surface area contributed by atoms with Gasteiger partial charge in [0.05, 0.1) is 6.42 Å². The van der Waals surface area contributed by atoms with Gasteiger partial charge >= 0.3 is 0 Å². The Morgan fingerprint density at radius 2 is 1.95 bits per heavy atom. The Bertz CT molecular complexity index is 458. The van der Waals surface area contributed by atoms with Crippen molar-refractivity contribution < 1.29 is 4.79 Å². The highest BCUT2D eigenvalue weighted by Gasteiger charge is 2.21. The van der Waals surface area contributed by atoms with E-state index in [9.17, 15) is 4.79 Å². The molecule has 1 aliphatic rings. The van der Waals surface area contributed by atoms with Gasteiger partial charge in [-0.2, -0.15) is 0 Å². The van der Waals surface area contributed by atoms with Crippen molar-refractivity contribution in [3.63, 3.8) is 0 Å². The van der Waals surface area contributed by atoms with Gasteiger partial charge in [0.15, 0.2) is 0 Å². The molecule has 1 amide bonds. The molecule has 116 valence electrons. The van der Waals surface area contributed by atoms with Crippen LogP contribution in [0.15, 0.2) is 29.2 Å². The van der Waals surface area contributed by atoms with E-state index in [1.54, 1.807) is 11.8 Å². The van der Waals surface area contributed by atoms with Crippen molar-refractivity contribution in [2.24, 2.45) is 0 Å². The molecule has 1 aliphatic heterocycles. The van der Waals surface area contributed by atoms with Gasteiger partial charge in [0.1, 0.15) is 0 Å². The second-order valence-electron chi connectivity index (χ2n) is 5.95. The van der Waals surface area contributed by atoms with Crippen molar-refractivity contribution >= 4 is 17.7 Å². The molecule has 0 N–H and O–H groups in total. The van der Waals surface area contributed by atoms with Crippen LogP contribution in [0.1, 0.15) is 24.8 Å². The standard InChI is InChI=1S/C17H26N2OS/c1-18(2)15-5-4-11-19(12-10-15)17(20)13-14-6-8-16(21-3)9-7-14/h6-9,15H,4-5,10-13H2,1-3H3/t15-/m0/s1. The molecule has 1 atom stereocenters. The van der Waals surface area contributed by atoms with Gasteiger partial charge in [0.2, 0.25) is 5.91 Å². The molecule has 0 spiro atoms. The summed E-state index contributed by atoms with van der Waals surface area (Å²) in [6.07, 6.45) is 5.99. The zero-order chi connectivity index (χ0) is 15.2. The average molecular weight is 306 g/mol. The van der Waals surface area contributed by atoms with Gasteiger partial charge in [0.25, 0.3) is 0 Å². The van der Waals surface area contributed by atoms with Gasteiger partial charge in [-0.25, -0.2) is 0 Å². The van der Waals surface area contributed by atoms with Crippen LogP contribution < -0.4 is 0 Å². The smallest absolute Gasteiger partial charge is 0.226 e. The fourth-order valence-corrected chi connectivity index (χ4v) is 3.28. The predicted molar refractivity (Wildman–Crippen MR) is 89.8 cm³/mol. The number of carbonyl (C=O) groups is 1. The van der Waals surface area contributed by atoms with Gasteiger partial charge in [0, 0.05) is 24.0 Å². The Labute approximate surface area is 132 Å². The Hall–Kier alpha value is -1.00. The third-order valence-corrected chi connectivity index (χ3v) is 5.04. The van der Waals surface area contributed by atoms with E-state index in [1.165, 1.54) is 11.3 Å². The number of carbonyl (C=O) groups excluding carboxylic acids is 1. The van der Waals surface area contributed by atoms with Crippen molar-refractivity contribution in [2.75, 3.05) is 33.4 Å². The van der Waals surface area contributed by atoms with E-state index in [1.807, 2.05) is 4.90 Å². The van der Waals surface area contributed by atoms with Crippen LogP contribution in [-0.4, -0.2) is 55.2 Å². The fraction of sp³-hybridized carbons (Fsp3) is 0.588. The highest BCUT2D eigenvalue weighted by atomic mass is 32.2. The first-order valence-corrected chi connectivity index (χ1v) is 8.89. The average Bonchev–Trinajstić information content (AvgIpc) is 2.74. The number of benzene rings is 1. The zero-order valence-electron chi connectivity index (χ0n) is 13.3. The summed E-state index contributed by atoms with van der Waals surface area (Å²) >= 11 is 1.73. The molecule has 1 fully saturated rings. The monoisotopic (exact) mass is 306 g/mol. The van der Waals surface area contributed by atoms with Gasteiger partial charge in [-0.15, -0.1) is 11.8 Å². The quantitative estimate of drug-likeness (QED) is 0.799. The lowest BCUT2D eigenvalue weighted by molar-refractivity contribution is -0.130. The van der Waals surface area contributed by atoms with Crippen LogP contribution in [0.2, 0.25) is 0 Å². The highest BCUT2D eigenvalue weighted by molar-refractivity contribution is 7.98. The minimum Gasteiger partial charge on any atom is -0.342 e. The molecule has 0 unspecified atom stereocenters. The molecule has 0 saturated carbocycles.